The molecule has 2 heteroatoms. The van der Waals surface area contributed by atoms with Gasteiger partial charge in [-0.15, -0.1) is 0 Å². The molecule has 0 bridgehead atoms. The van der Waals surface area contributed by atoms with Crippen LogP contribution in [0.3, 0.4) is 0 Å². The van der Waals surface area contributed by atoms with Crippen molar-refractivity contribution in [3.05, 3.63) is 29.3 Å². The standard InChI is InChI=1S/C16H26N2/c1-13-12-14(6-9-17)4-5-15(13)18-10-7-16(2,3)8-11-18/h4-5,12H,6-11,17H2,1-3H3. The molecule has 1 aliphatic rings. The van der Waals surface area contributed by atoms with Crippen LogP contribution in [0.25, 0.3) is 0 Å². The van der Waals surface area contributed by atoms with Gasteiger partial charge in [-0.2, -0.15) is 0 Å². The molecule has 0 radical (unpaired) electrons. The van der Waals surface area contributed by atoms with E-state index in [4.69, 9.17) is 5.73 Å². The van der Waals surface area contributed by atoms with E-state index >= 15 is 0 Å². The first-order chi connectivity index (χ1) is 8.52. The largest absolute Gasteiger partial charge is 0.371 e. The fourth-order valence-electron chi connectivity index (χ4n) is 2.75. The predicted molar refractivity (Wildman–Crippen MR) is 79.2 cm³/mol. The molecule has 0 spiro atoms. The number of aryl methyl sites for hydroxylation is 1. The second kappa shape index (κ2) is 5.31. The van der Waals surface area contributed by atoms with Crippen molar-refractivity contribution >= 4 is 5.69 Å². The lowest BCUT2D eigenvalue weighted by molar-refractivity contribution is 0.279. The number of hydrogen-bond donors (Lipinski definition) is 1. The molecule has 1 aliphatic heterocycles. The van der Waals surface area contributed by atoms with Crippen molar-refractivity contribution in [1.82, 2.24) is 0 Å². The Kier molecular flexibility index (Phi) is 3.96. The lowest BCUT2D eigenvalue weighted by Gasteiger charge is -2.39. The molecule has 2 nitrogen and oxygen atoms in total. The van der Waals surface area contributed by atoms with Crippen LogP contribution in [0.2, 0.25) is 0 Å². The summed E-state index contributed by atoms with van der Waals surface area (Å²) in [5.41, 5.74) is 10.3. The number of rotatable bonds is 3. The maximum Gasteiger partial charge on any atom is 0.0396 e. The van der Waals surface area contributed by atoms with Crippen molar-refractivity contribution in [2.45, 2.75) is 40.0 Å². The fourth-order valence-corrected chi connectivity index (χ4v) is 2.75. The summed E-state index contributed by atoms with van der Waals surface area (Å²) >= 11 is 0. The van der Waals surface area contributed by atoms with Gasteiger partial charge in [-0.1, -0.05) is 26.0 Å². The van der Waals surface area contributed by atoms with Gasteiger partial charge in [0.1, 0.15) is 0 Å². The zero-order valence-electron chi connectivity index (χ0n) is 12.0. The molecule has 0 unspecified atom stereocenters. The van der Waals surface area contributed by atoms with E-state index in [2.05, 4.69) is 43.9 Å². The molecule has 0 atom stereocenters. The number of anilines is 1. The highest BCUT2D eigenvalue weighted by molar-refractivity contribution is 5.54. The molecule has 1 fully saturated rings. The van der Waals surface area contributed by atoms with Crippen LogP contribution in [0.1, 0.15) is 37.8 Å². The minimum atomic E-state index is 0.518. The van der Waals surface area contributed by atoms with E-state index in [1.807, 2.05) is 0 Å². The van der Waals surface area contributed by atoms with Crippen molar-refractivity contribution in [3.8, 4) is 0 Å². The Balaban J connectivity index is 2.10. The summed E-state index contributed by atoms with van der Waals surface area (Å²) in [7, 11) is 0. The summed E-state index contributed by atoms with van der Waals surface area (Å²) in [4.78, 5) is 2.53. The number of nitrogens with zero attached hydrogens (tertiary/aromatic N) is 1. The van der Waals surface area contributed by atoms with Crippen molar-refractivity contribution in [2.75, 3.05) is 24.5 Å². The maximum absolute atomic E-state index is 5.61. The number of benzene rings is 1. The predicted octanol–water partition coefficient (Wildman–Crippen LogP) is 3.12. The first-order valence-electron chi connectivity index (χ1n) is 7.06. The van der Waals surface area contributed by atoms with Crippen molar-refractivity contribution in [2.24, 2.45) is 11.1 Å². The van der Waals surface area contributed by atoms with E-state index in [0.29, 0.717) is 5.41 Å². The smallest absolute Gasteiger partial charge is 0.0396 e. The molecular formula is C16H26N2. The Labute approximate surface area is 111 Å². The van der Waals surface area contributed by atoms with Gasteiger partial charge < -0.3 is 10.6 Å². The van der Waals surface area contributed by atoms with Gasteiger partial charge in [-0.3, -0.25) is 0 Å². The van der Waals surface area contributed by atoms with Gasteiger partial charge >= 0.3 is 0 Å². The number of hydrogen-bond acceptors (Lipinski definition) is 2. The van der Waals surface area contributed by atoms with Gasteiger partial charge in [0.15, 0.2) is 0 Å². The molecule has 2 rings (SSSR count). The Morgan fingerprint density at radius 3 is 2.44 bits per heavy atom. The zero-order valence-corrected chi connectivity index (χ0v) is 12.0. The molecule has 1 aromatic carbocycles. The second-order valence-electron chi connectivity index (χ2n) is 6.31. The van der Waals surface area contributed by atoms with Crippen LogP contribution < -0.4 is 10.6 Å². The van der Waals surface area contributed by atoms with Crippen LogP contribution in [0.4, 0.5) is 5.69 Å². The maximum atomic E-state index is 5.61. The van der Waals surface area contributed by atoms with Crippen LogP contribution in [-0.4, -0.2) is 19.6 Å². The quantitative estimate of drug-likeness (QED) is 0.888. The summed E-state index contributed by atoms with van der Waals surface area (Å²) < 4.78 is 0. The molecule has 0 saturated carbocycles. The Morgan fingerprint density at radius 2 is 1.89 bits per heavy atom. The minimum Gasteiger partial charge on any atom is -0.371 e. The normalized spacial score (nSPS) is 19.0. The molecule has 18 heavy (non-hydrogen) atoms. The van der Waals surface area contributed by atoms with Gasteiger partial charge in [0, 0.05) is 18.8 Å². The van der Waals surface area contributed by atoms with Gasteiger partial charge in [0.2, 0.25) is 0 Å². The third-order valence-corrected chi connectivity index (χ3v) is 4.15. The van der Waals surface area contributed by atoms with Crippen molar-refractivity contribution in [1.29, 1.82) is 0 Å². The molecule has 100 valence electrons. The Bertz CT molecular complexity index is 400. The van der Waals surface area contributed by atoms with E-state index < -0.39 is 0 Å². The van der Waals surface area contributed by atoms with Crippen LogP contribution in [-0.2, 0) is 6.42 Å². The molecule has 0 aliphatic carbocycles. The fraction of sp³-hybridized carbons (Fsp3) is 0.625. The van der Waals surface area contributed by atoms with Crippen LogP contribution in [0.15, 0.2) is 18.2 Å². The highest BCUT2D eigenvalue weighted by Gasteiger charge is 2.25. The SMILES string of the molecule is Cc1cc(CCN)ccc1N1CCC(C)(C)CC1. The Hall–Kier alpha value is -1.02. The van der Waals surface area contributed by atoms with E-state index in [0.717, 1.165) is 13.0 Å². The lowest BCUT2D eigenvalue weighted by atomic mass is 9.82. The number of piperidine rings is 1. The molecule has 1 aromatic rings. The molecule has 0 aromatic heterocycles. The van der Waals surface area contributed by atoms with Gasteiger partial charge in [0.25, 0.3) is 0 Å². The Morgan fingerprint density at radius 1 is 1.22 bits per heavy atom. The van der Waals surface area contributed by atoms with Crippen LogP contribution in [0.5, 0.6) is 0 Å². The summed E-state index contributed by atoms with van der Waals surface area (Å²) in [5, 5.41) is 0. The molecule has 0 amide bonds. The summed E-state index contributed by atoms with van der Waals surface area (Å²) in [6.07, 6.45) is 3.56. The average Bonchev–Trinajstić information content (AvgIpc) is 2.31. The van der Waals surface area contributed by atoms with Crippen LogP contribution >= 0.6 is 0 Å². The van der Waals surface area contributed by atoms with Crippen molar-refractivity contribution < 1.29 is 0 Å². The molecule has 1 heterocycles. The minimum absolute atomic E-state index is 0.518. The molecular weight excluding hydrogens is 220 g/mol. The first-order valence-corrected chi connectivity index (χ1v) is 7.06. The van der Waals surface area contributed by atoms with Crippen LogP contribution in [0, 0.1) is 12.3 Å². The highest BCUT2D eigenvalue weighted by Crippen LogP contribution is 2.33. The highest BCUT2D eigenvalue weighted by atomic mass is 15.1. The second-order valence-corrected chi connectivity index (χ2v) is 6.31. The van der Waals surface area contributed by atoms with Crippen molar-refractivity contribution in [3.63, 3.8) is 0 Å². The monoisotopic (exact) mass is 246 g/mol. The van der Waals surface area contributed by atoms with E-state index in [9.17, 15) is 0 Å². The van der Waals surface area contributed by atoms with Gasteiger partial charge in [0.05, 0.1) is 0 Å². The summed E-state index contributed by atoms with van der Waals surface area (Å²) in [6.45, 7) is 10.1. The zero-order chi connectivity index (χ0) is 13.2. The summed E-state index contributed by atoms with van der Waals surface area (Å²) in [6, 6.07) is 6.80. The van der Waals surface area contributed by atoms with E-state index in [1.165, 1.54) is 42.7 Å². The third-order valence-electron chi connectivity index (χ3n) is 4.15. The first kappa shape index (κ1) is 13.4. The van der Waals surface area contributed by atoms with Gasteiger partial charge in [-0.05, 0) is 55.3 Å². The molecule has 2 N–H and O–H groups in total. The topological polar surface area (TPSA) is 29.3 Å². The van der Waals surface area contributed by atoms with E-state index in [1.54, 1.807) is 0 Å². The van der Waals surface area contributed by atoms with E-state index in [-0.39, 0.29) is 0 Å². The number of nitrogens with two attached hydrogens (primary N) is 1. The lowest BCUT2D eigenvalue weighted by Crippen LogP contribution is -2.37. The summed E-state index contributed by atoms with van der Waals surface area (Å²) in [5.74, 6) is 0. The average molecular weight is 246 g/mol. The molecule has 1 saturated heterocycles. The van der Waals surface area contributed by atoms with Gasteiger partial charge in [-0.25, -0.2) is 0 Å². The third kappa shape index (κ3) is 3.05.